The molecule has 1 fully saturated rings. The molecule has 1 saturated heterocycles. The Hall–Kier alpha value is -3.04. The molecule has 1 aliphatic heterocycles. The highest BCUT2D eigenvalue weighted by atomic mass is 32.2. The molecule has 6 heteroatoms. The first-order valence-corrected chi connectivity index (χ1v) is 11.1. The molecule has 0 bridgehead atoms. The van der Waals surface area contributed by atoms with Crippen LogP contribution in [0.1, 0.15) is 29.7 Å². The number of nitrogens with zero attached hydrogens (tertiary/aromatic N) is 4. The topological polar surface area (TPSA) is 62.0 Å². The first-order chi connectivity index (χ1) is 14.7. The van der Waals surface area contributed by atoms with E-state index in [4.69, 9.17) is 14.7 Å². The normalized spacial score (nSPS) is 14.7. The highest BCUT2D eigenvalue weighted by Gasteiger charge is 2.24. The first-order valence-electron chi connectivity index (χ1n) is 10.3. The molecule has 1 aliphatic carbocycles. The fourth-order valence-corrected chi connectivity index (χ4v) is 4.89. The molecular weight excluding hydrogens is 392 g/mol. The Labute approximate surface area is 180 Å². The summed E-state index contributed by atoms with van der Waals surface area (Å²) in [5.74, 6) is 1.48. The van der Waals surface area contributed by atoms with E-state index in [1.54, 1.807) is 18.9 Å². The van der Waals surface area contributed by atoms with E-state index in [0.717, 1.165) is 59.3 Å². The van der Waals surface area contributed by atoms with Crippen molar-refractivity contribution in [2.24, 2.45) is 0 Å². The number of rotatable bonds is 5. The number of anilines is 1. The molecule has 0 atom stereocenters. The van der Waals surface area contributed by atoms with E-state index in [1.165, 1.54) is 17.7 Å². The van der Waals surface area contributed by atoms with E-state index >= 15 is 0 Å². The second-order valence-electron chi connectivity index (χ2n) is 7.60. The summed E-state index contributed by atoms with van der Waals surface area (Å²) >= 11 is 1.66. The molecule has 150 valence electrons. The molecule has 2 aromatic carbocycles. The quantitative estimate of drug-likeness (QED) is 0.593. The zero-order valence-electron chi connectivity index (χ0n) is 16.9. The fourth-order valence-electron chi connectivity index (χ4n) is 3.99. The third-order valence-corrected chi connectivity index (χ3v) is 6.68. The van der Waals surface area contributed by atoms with Crippen molar-refractivity contribution in [3.05, 3.63) is 59.3 Å². The van der Waals surface area contributed by atoms with E-state index in [-0.39, 0.29) is 0 Å². The summed E-state index contributed by atoms with van der Waals surface area (Å²) in [7, 11) is 1.59. The number of hydrogen-bond donors (Lipinski definition) is 0. The maximum atomic E-state index is 9.20. The van der Waals surface area contributed by atoms with Crippen LogP contribution in [0.5, 0.6) is 5.75 Å². The van der Waals surface area contributed by atoms with Gasteiger partial charge in [0.05, 0.1) is 18.4 Å². The van der Waals surface area contributed by atoms with E-state index < -0.39 is 0 Å². The fraction of sp³-hybridized carbons (Fsp3) is 0.292. The van der Waals surface area contributed by atoms with E-state index in [0.29, 0.717) is 11.3 Å². The van der Waals surface area contributed by atoms with E-state index in [9.17, 15) is 5.26 Å². The molecule has 1 aromatic heterocycles. The largest absolute Gasteiger partial charge is 0.495 e. The molecule has 0 unspecified atom stereocenters. The van der Waals surface area contributed by atoms with Crippen molar-refractivity contribution >= 4 is 17.7 Å². The van der Waals surface area contributed by atoms with Crippen molar-refractivity contribution in [1.29, 1.82) is 5.26 Å². The van der Waals surface area contributed by atoms with Gasteiger partial charge in [0.15, 0.2) is 0 Å². The minimum atomic E-state index is 0.547. The van der Waals surface area contributed by atoms with Gasteiger partial charge in [-0.05, 0) is 56.0 Å². The summed E-state index contributed by atoms with van der Waals surface area (Å²) in [5.41, 5.74) is 5.30. The lowest BCUT2D eigenvalue weighted by molar-refractivity contribution is 0.412. The molecule has 3 aromatic rings. The van der Waals surface area contributed by atoms with Crippen LogP contribution in [0.4, 0.5) is 5.95 Å². The maximum absolute atomic E-state index is 9.20. The molecule has 2 heterocycles. The van der Waals surface area contributed by atoms with Crippen LogP contribution < -0.4 is 9.64 Å². The van der Waals surface area contributed by atoms with Gasteiger partial charge in [0.1, 0.15) is 11.8 Å². The van der Waals surface area contributed by atoms with Gasteiger partial charge in [0.2, 0.25) is 5.95 Å². The van der Waals surface area contributed by atoms with Gasteiger partial charge in [-0.2, -0.15) is 5.26 Å². The molecule has 0 radical (unpaired) electrons. The Bertz CT molecular complexity index is 1150. The number of methoxy groups -OCH3 is 1. The highest BCUT2D eigenvalue weighted by Crippen LogP contribution is 2.36. The smallest absolute Gasteiger partial charge is 0.226 e. The molecular formula is C24H22N4OS. The van der Waals surface area contributed by atoms with Crippen molar-refractivity contribution in [1.82, 2.24) is 9.97 Å². The molecule has 0 N–H and O–H groups in total. The number of aryl methyl sites for hydroxylation is 1. The second kappa shape index (κ2) is 8.00. The summed E-state index contributed by atoms with van der Waals surface area (Å²) in [4.78, 5) is 14.3. The summed E-state index contributed by atoms with van der Waals surface area (Å²) in [6.07, 6.45) is 4.47. The predicted molar refractivity (Wildman–Crippen MR) is 118 cm³/mol. The van der Waals surface area contributed by atoms with Crippen LogP contribution in [-0.2, 0) is 12.8 Å². The Morgan fingerprint density at radius 2 is 1.90 bits per heavy atom. The SMILES string of the molecule is COc1cc(Sc2cccc(-c3nc(N4CCC4)nc4c3CCC4)c2)ccc1C#N. The monoisotopic (exact) mass is 414 g/mol. The number of fused-ring (bicyclic) bond motifs is 1. The van der Waals surface area contributed by atoms with Crippen molar-refractivity contribution in [2.75, 3.05) is 25.1 Å². The van der Waals surface area contributed by atoms with Crippen molar-refractivity contribution in [2.45, 2.75) is 35.5 Å². The van der Waals surface area contributed by atoms with Crippen LogP contribution in [0, 0.1) is 11.3 Å². The number of ether oxygens (including phenoxy) is 1. The van der Waals surface area contributed by atoms with Gasteiger partial charge in [0, 0.05) is 39.7 Å². The lowest BCUT2D eigenvalue weighted by Crippen LogP contribution is -2.38. The summed E-state index contributed by atoms with van der Waals surface area (Å²) in [6, 6.07) is 16.4. The van der Waals surface area contributed by atoms with Gasteiger partial charge in [-0.15, -0.1) is 0 Å². The molecule has 0 spiro atoms. The average molecular weight is 415 g/mol. The highest BCUT2D eigenvalue weighted by molar-refractivity contribution is 7.99. The third-order valence-electron chi connectivity index (χ3n) is 5.70. The minimum absolute atomic E-state index is 0.547. The van der Waals surface area contributed by atoms with E-state index in [1.807, 2.05) is 18.2 Å². The molecule has 0 amide bonds. The lowest BCUT2D eigenvalue weighted by Gasteiger charge is -2.31. The van der Waals surface area contributed by atoms with Crippen LogP contribution in [-0.4, -0.2) is 30.2 Å². The zero-order valence-corrected chi connectivity index (χ0v) is 17.7. The van der Waals surface area contributed by atoms with Crippen molar-refractivity contribution in [3.63, 3.8) is 0 Å². The van der Waals surface area contributed by atoms with Gasteiger partial charge >= 0.3 is 0 Å². The van der Waals surface area contributed by atoms with Gasteiger partial charge in [0.25, 0.3) is 0 Å². The standard InChI is InChI=1S/C24H22N4OS/c1-29-22-14-19(10-9-17(22)15-25)30-18-6-2-5-16(13-18)23-20-7-3-8-21(20)26-24(27-23)28-11-4-12-28/h2,5-6,9-10,13-14H,3-4,7-8,11-12H2,1H3. The maximum Gasteiger partial charge on any atom is 0.226 e. The summed E-state index contributed by atoms with van der Waals surface area (Å²) in [6.45, 7) is 2.10. The second-order valence-corrected chi connectivity index (χ2v) is 8.74. The summed E-state index contributed by atoms with van der Waals surface area (Å²) in [5, 5.41) is 9.20. The molecule has 2 aliphatic rings. The van der Waals surface area contributed by atoms with Gasteiger partial charge in [-0.3, -0.25) is 0 Å². The average Bonchev–Trinajstić information content (AvgIpc) is 3.21. The van der Waals surface area contributed by atoms with Gasteiger partial charge in [-0.25, -0.2) is 9.97 Å². The lowest BCUT2D eigenvalue weighted by atomic mass is 10.1. The Morgan fingerprint density at radius 3 is 2.67 bits per heavy atom. The van der Waals surface area contributed by atoms with Crippen LogP contribution in [0.3, 0.4) is 0 Å². The van der Waals surface area contributed by atoms with Crippen LogP contribution >= 0.6 is 11.8 Å². The van der Waals surface area contributed by atoms with Gasteiger partial charge in [-0.1, -0.05) is 23.9 Å². The van der Waals surface area contributed by atoms with E-state index in [2.05, 4.69) is 35.2 Å². The Kier molecular flexibility index (Phi) is 5.06. The zero-order chi connectivity index (χ0) is 20.5. The molecule has 30 heavy (non-hydrogen) atoms. The molecule has 5 nitrogen and oxygen atoms in total. The minimum Gasteiger partial charge on any atom is -0.495 e. The first kappa shape index (κ1) is 19.0. The Balaban J connectivity index is 1.49. The number of aromatic nitrogens is 2. The summed E-state index contributed by atoms with van der Waals surface area (Å²) < 4.78 is 5.35. The van der Waals surface area contributed by atoms with Crippen LogP contribution in [0.2, 0.25) is 0 Å². The molecule has 0 saturated carbocycles. The van der Waals surface area contributed by atoms with Crippen LogP contribution in [0.15, 0.2) is 52.3 Å². The predicted octanol–water partition coefficient (Wildman–Crippen LogP) is 4.87. The number of nitriles is 1. The van der Waals surface area contributed by atoms with Gasteiger partial charge < -0.3 is 9.64 Å². The molecule has 5 rings (SSSR count). The number of hydrogen-bond acceptors (Lipinski definition) is 6. The van der Waals surface area contributed by atoms with Crippen molar-refractivity contribution < 1.29 is 4.74 Å². The third kappa shape index (κ3) is 3.50. The Morgan fingerprint density at radius 1 is 1.03 bits per heavy atom. The van der Waals surface area contributed by atoms with Crippen molar-refractivity contribution in [3.8, 4) is 23.1 Å². The number of benzene rings is 2. The van der Waals surface area contributed by atoms with Crippen LogP contribution in [0.25, 0.3) is 11.3 Å².